The van der Waals surface area contributed by atoms with Gasteiger partial charge in [-0.25, -0.2) is 24.3 Å². The molecule has 33 heavy (non-hydrogen) atoms. The summed E-state index contributed by atoms with van der Waals surface area (Å²) in [6.07, 6.45) is 7.13. The Hall–Kier alpha value is -3.17. The molecule has 1 aromatic carbocycles. The minimum atomic E-state index is -0.494. The second-order valence-electron chi connectivity index (χ2n) is 8.63. The number of rotatable bonds is 7. The van der Waals surface area contributed by atoms with Crippen LogP contribution in [0.15, 0.2) is 43.2 Å². The molecule has 0 amide bonds. The van der Waals surface area contributed by atoms with Crippen molar-refractivity contribution in [3.8, 4) is 22.6 Å². The van der Waals surface area contributed by atoms with Crippen LogP contribution in [0.3, 0.4) is 0 Å². The van der Waals surface area contributed by atoms with Crippen molar-refractivity contribution in [2.24, 2.45) is 0 Å². The number of aromatic nitrogens is 4. The summed E-state index contributed by atoms with van der Waals surface area (Å²) in [4.78, 5) is 19.0. The van der Waals surface area contributed by atoms with Crippen LogP contribution in [0, 0.1) is 5.82 Å². The van der Waals surface area contributed by atoms with Crippen LogP contribution in [0.2, 0.25) is 0 Å². The zero-order valence-electron chi connectivity index (χ0n) is 19.2. The molecule has 9 heteroatoms. The average Bonchev–Trinajstić information content (AvgIpc) is 3.20. The van der Waals surface area contributed by atoms with Gasteiger partial charge in [-0.15, -0.1) is 0 Å². The van der Waals surface area contributed by atoms with Gasteiger partial charge >= 0.3 is 0 Å². The highest BCUT2D eigenvalue weighted by Crippen LogP contribution is 2.39. The van der Waals surface area contributed by atoms with Crippen molar-refractivity contribution in [2.45, 2.75) is 50.8 Å². The third-order valence-electron chi connectivity index (χ3n) is 6.14. The molecule has 1 aliphatic rings. The number of ether oxygens (including phenoxy) is 1. The van der Waals surface area contributed by atoms with Crippen molar-refractivity contribution >= 4 is 5.82 Å². The zero-order valence-corrected chi connectivity index (χ0v) is 19.2. The third kappa shape index (κ3) is 4.79. The Morgan fingerprint density at radius 3 is 2.58 bits per heavy atom. The third-order valence-corrected chi connectivity index (χ3v) is 6.14. The van der Waals surface area contributed by atoms with Crippen LogP contribution < -0.4 is 15.0 Å². The minimum absolute atomic E-state index is 0.116. The van der Waals surface area contributed by atoms with Crippen LogP contribution in [-0.4, -0.2) is 57.3 Å². The van der Waals surface area contributed by atoms with Crippen molar-refractivity contribution in [3.63, 3.8) is 0 Å². The van der Waals surface area contributed by atoms with Gasteiger partial charge in [0.1, 0.15) is 24.2 Å². The molecule has 3 aromatic rings. The van der Waals surface area contributed by atoms with E-state index in [1.165, 1.54) is 24.8 Å². The first-order valence-corrected chi connectivity index (χ1v) is 11.0. The lowest BCUT2D eigenvalue weighted by Crippen LogP contribution is -2.38. The normalized spacial score (nSPS) is 20.3. The van der Waals surface area contributed by atoms with E-state index in [2.05, 4.69) is 25.3 Å². The fourth-order valence-corrected chi connectivity index (χ4v) is 4.38. The molecule has 8 nitrogen and oxygen atoms in total. The van der Waals surface area contributed by atoms with Crippen molar-refractivity contribution in [2.75, 3.05) is 19.0 Å². The smallest absolute Gasteiger partial charge is 0.188 e. The Balaban J connectivity index is 1.71. The van der Waals surface area contributed by atoms with Crippen molar-refractivity contribution in [1.29, 1.82) is 0 Å². The van der Waals surface area contributed by atoms with Gasteiger partial charge in [0.2, 0.25) is 0 Å². The molecule has 3 atom stereocenters. The van der Waals surface area contributed by atoms with E-state index in [1.54, 1.807) is 18.5 Å². The predicted octanol–water partition coefficient (Wildman–Crippen LogP) is 3.54. The molecule has 4 rings (SSSR count). The second-order valence-corrected chi connectivity index (χ2v) is 8.63. The molecule has 0 bridgehead atoms. The number of anilines is 1. The Morgan fingerprint density at radius 1 is 1.09 bits per heavy atom. The van der Waals surface area contributed by atoms with E-state index < -0.39 is 6.10 Å². The first kappa shape index (κ1) is 23.0. The first-order valence-electron chi connectivity index (χ1n) is 11.0. The summed E-state index contributed by atoms with van der Waals surface area (Å²) in [6.45, 7) is 4.05. The number of halogens is 1. The van der Waals surface area contributed by atoms with Gasteiger partial charge in [-0.1, -0.05) is 13.8 Å². The molecule has 174 valence electrons. The van der Waals surface area contributed by atoms with Gasteiger partial charge in [0.05, 0.1) is 24.0 Å². The Kier molecular flexibility index (Phi) is 6.80. The lowest BCUT2D eigenvalue weighted by Gasteiger charge is -2.29. The van der Waals surface area contributed by atoms with Crippen molar-refractivity contribution in [1.82, 2.24) is 25.3 Å². The Morgan fingerprint density at radius 2 is 1.85 bits per heavy atom. The molecule has 0 aliphatic heterocycles. The summed E-state index contributed by atoms with van der Waals surface area (Å²) in [6, 6.07) is 4.46. The van der Waals surface area contributed by atoms with E-state index in [-0.39, 0.29) is 23.8 Å². The fourth-order valence-electron chi connectivity index (χ4n) is 4.38. The summed E-state index contributed by atoms with van der Waals surface area (Å²) in [5.41, 5.74) is 2.05. The lowest BCUT2D eigenvalue weighted by molar-refractivity contribution is 0.160. The van der Waals surface area contributed by atoms with E-state index >= 15 is 0 Å². The summed E-state index contributed by atoms with van der Waals surface area (Å²) in [5.74, 6) is 1.14. The molecule has 0 spiro atoms. The molecule has 0 saturated heterocycles. The number of aliphatic hydroxyl groups is 1. The van der Waals surface area contributed by atoms with E-state index in [0.29, 0.717) is 34.9 Å². The molecular weight excluding hydrogens is 423 g/mol. The zero-order chi connectivity index (χ0) is 23.5. The highest BCUT2D eigenvalue weighted by Gasteiger charge is 2.36. The van der Waals surface area contributed by atoms with Gasteiger partial charge in [-0.05, 0) is 44.0 Å². The summed E-state index contributed by atoms with van der Waals surface area (Å²) >= 11 is 0. The summed E-state index contributed by atoms with van der Waals surface area (Å²) in [5, 5.41) is 13.8. The van der Waals surface area contributed by atoms with Crippen LogP contribution >= 0.6 is 0 Å². The Labute approximate surface area is 192 Å². The van der Waals surface area contributed by atoms with Gasteiger partial charge in [0.15, 0.2) is 11.6 Å². The van der Waals surface area contributed by atoms with E-state index in [9.17, 15) is 9.50 Å². The standard InChI is InChI=1S/C24H29FN6O2/c1-14(2)23-18(10-27-12-29-23)17-7-15(25)5-6-21(17)33-22-11-28-13-30-24(22)31(4)19-8-16(26-3)9-20(19)32/h5-7,10-14,16,19-20,26,32H,8-9H2,1-4H3/t16-,19+,20-/m1/s1. The summed E-state index contributed by atoms with van der Waals surface area (Å²) < 4.78 is 20.5. The molecule has 1 aliphatic carbocycles. The maximum Gasteiger partial charge on any atom is 0.188 e. The predicted molar refractivity (Wildman–Crippen MR) is 124 cm³/mol. The number of likely N-dealkylation sites (N-methyl/N-ethyl adjacent to an activating group) is 1. The molecule has 0 unspecified atom stereocenters. The molecule has 2 heterocycles. The number of hydrogen-bond donors (Lipinski definition) is 2. The molecule has 1 saturated carbocycles. The quantitative estimate of drug-likeness (QED) is 0.562. The van der Waals surface area contributed by atoms with Gasteiger partial charge < -0.3 is 20.1 Å². The summed E-state index contributed by atoms with van der Waals surface area (Å²) in [7, 11) is 3.78. The number of nitrogens with zero attached hydrogens (tertiary/aromatic N) is 5. The monoisotopic (exact) mass is 452 g/mol. The molecular formula is C24H29FN6O2. The molecule has 2 N–H and O–H groups in total. The van der Waals surface area contributed by atoms with Crippen LogP contribution in [0.1, 0.15) is 38.3 Å². The van der Waals surface area contributed by atoms with Crippen LogP contribution in [-0.2, 0) is 0 Å². The van der Waals surface area contributed by atoms with Gasteiger partial charge in [0.25, 0.3) is 0 Å². The maximum atomic E-state index is 14.3. The highest BCUT2D eigenvalue weighted by atomic mass is 19.1. The number of aliphatic hydroxyl groups excluding tert-OH is 1. The second kappa shape index (κ2) is 9.76. The lowest BCUT2D eigenvalue weighted by atomic mass is 9.98. The molecule has 2 aromatic heterocycles. The van der Waals surface area contributed by atoms with Gasteiger partial charge in [0, 0.05) is 30.4 Å². The Bertz CT molecular complexity index is 1110. The number of benzene rings is 1. The van der Waals surface area contributed by atoms with E-state index in [1.807, 2.05) is 32.8 Å². The SMILES string of the molecule is CN[C@H]1C[C@@H](O)[C@@H](N(C)c2ncncc2Oc2ccc(F)cc2-c2cncnc2C(C)C)C1. The average molecular weight is 453 g/mol. The molecule has 0 radical (unpaired) electrons. The number of nitrogens with one attached hydrogen (secondary N) is 1. The van der Waals surface area contributed by atoms with E-state index in [0.717, 1.165) is 12.1 Å². The largest absolute Gasteiger partial charge is 0.451 e. The van der Waals surface area contributed by atoms with Crippen molar-refractivity contribution in [3.05, 3.63) is 54.8 Å². The van der Waals surface area contributed by atoms with Gasteiger partial charge in [-0.3, -0.25) is 0 Å². The van der Waals surface area contributed by atoms with Gasteiger partial charge in [-0.2, -0.15) is 0 Å². The minimum Gasteiger partial charge on any atom is -0.451 e. The first-order chi connectivity index (χ1) is 15.9. The molecule has 1 fully saturated rings. The van der Waals surface area contributed by atoms with Crippen LogP contribution in [0.25, 0.3) is 11.1 Å². The van der Waals surface area contributed by atoms with E-state index in [4.69, 9.17) is 4.74 Å². The van der Waals surface area contributed by atoms with Crippen molar-refractivity contribution < 1.29 is 14.2 Å². The highest BCUT2D eigenvalue weighted by molar-refractivity contribution is 5.73. The number of hydrogen-bond acceptors (Lipinski definition) is 8. The van der Waals surface area contributed by atoms with Crippen LogP contribution in [0.5, 0.6) is 11.5 Å². The topological polar surface area (TPSA) is 96.3 Å². The van der Waals surface area contributed by atoms with Crippen LogP contribution in [0.4, 0.5) is 10.2 Å². The fraction of sp³-hybridized carbons (Fsp3) is 0.417. The maximum absolute atomic E-state index is 14.3.